The molecule has 1 heterocycles. The highest BCUT2D eigenvalue weighted by Gasteiger charge is 2.43. The molecule has 1 aliphatic rings. The topological polar surface area (TPSA) is 66.9 Å². The Morgan fingerprint density at radius 1 is 0.676 bits per heavy atom. The number of barbiturate groups is 1. The highest BCUT2D eigenvalue weighted by Crippen LogP contribution is 2.32. The summed E-state index contributed by atoms with van der Waals surface area (Å²) in [5.74, 6) is -1.03. The van der Waals surface area contributed by atoms with Crippen molar-refractivity contribution in [3.63, 3.8) is 0 Å². The van der Waals surface area contributed by atoms with Gasteiger partial charge in [0.25, 0.3) is 11.8 Å². The smallest absolute Gasteiger partial charge is 0.343 e. The first-order valence-corrected chi connectivity index (χ1v) is 11.9. The SMILES string of the molecule is O=C1C(=Cc2cc(Cl)ccc2OCc2ccccc2)C(=O)N(c2ccccc2)C(=O)N1c1ccccc1. The van der Waals surface area contributed by atoms with E-state index < -0.39 is 17.8 Å². The summed E-state index contributed by atoms with van der Waals surface area (Å²) in [6.07, 6.45) is 1.43. The predicted octanol–water partition coefficient (Wildman–Crippen LogP) is 6.50. The van der Waals surface area contributed by atoms with E-state index in [2.05, 4.69) is 0 Å². The van der Waals surface area contributed by atoms with Crippen molar-refractivity contribution in [3.05, 3.63) is 131 Å². The third-order valence-electron chi connectivity index (χ3n) is 5.79. The van der Waals surface area contributed by atoms with Crippen molar-refractivity contribution in [3.8, 4) is 5.75 Å². The molecule has 4 amide bonds. The second-order valence-electron chi connectivity index (χ2n) is 8.25. The number of carbonyl (C=O) groups excluding carboxylic acids is 3. The number of para-hydroxylation sites is 2. The van der Waals surface area contributed by atoms with Gasteiger partial charge in [0.05, 0.1) is 11.4 Å². The van der Waals surface area contributed by atoms with Gasteiger partial charge in [0.1, 0.15) is 17.9 Å². The maximum atomic E-state index is 13.6. The van der Waals surface area contributed by atoms with Gasteiger partial charge in [-0.3, -0.25) is 9.59 Å². The zero-order valence-electron chi connectivity index (χ0n) is 19.6. The second kappa shape index (κ2) is 10.5. The maximum Gasteiger partial charge on any atom is 0.343 e. The number of hydrogen-bond acceptors (Lipinski definition) is 4. The predicted molar refractivity (Wildman–Crippen MR) is 143 cm³/mol. The number of rotatable bonds is 6. The Labute approximate surface area is 219 Å². The average Bonchev–Trinajstić information content (AvgIpc) is 2.92. The molecular weight excluding hydrogens is 488 g/mol. The van der Waals surface area contributed by atoms with Gasteiger partial charge < -0.3 is 4.74 Å². The van der Waals surface area contributed by atoms with E-state index in [1.165, 1.54) is 6.08 Å². The van der Waals surface area contributed by atoms with E-state index in [-0.39, 0.29) is 12.2 Å². The Morgan fingerprint density at radius 2 is 1.19 bits per heavy atom. The van der Waals surface area contributed by atoms with Crippen LogP contribution in [-0.2, 0) is 16.2 Å². The highest BCUT2D eigenvalue weighted by molar-refractivity contribution is 6.46. The Kier molecular flexibility index (Phi) is 6.83. The summed E-state index contributed by atoms with van der Waals surface area (Å²) in [4.78, 5) is 42.7. The summed E-state index contributed by atoms with van der Waals surface area (Å²) >= 11 is 6.27. The lowest BCUT2D eigenvalue weighted by atomic mass is 10.0. The number of benzene rings is 4. The molecule has 0 atom stereocenters. The van der Waals surface area contributed by atoms with E-state index in [4.69, 9.17) is 16.3 Å². The summed E-state index contributed by atoms with van der Waals surface area (Å²) in [5.41, 5.74) is 1.90. The molecule has 0 bridgehead atoms. The van der Waals surface area contributed by atoms with E-state index >= 15 is 0 Å². The number of ether oxygens (including phenoxy) is 1. The molecule has 0 aromatic heterocycles. The van der Waals surface area contributed by atoms with Gasteiger partial charge >= 0.3 is 6.03 Å². The van der Waals surface area contributed by atoms with Gasteiger partial charge in [-0.1, -0.05) is 78.3 Å². The van der Waals surface area contributed by atoms with Gasteiger partial charge in [-0.05, 0) is 54.1 Å². The number of urea groups is 1. The molecule has 0 N–H and O–H groups in total. The van der Waals surface area contributed by atoms with Crippen molar-refractivity contribution in [2.45, 2.75) is 6.61 Å². The number of nitrogens with zero attached hydrogens (tertiary/aromatic N) is 2. The molecule has 0 radical (unpaired) electrons. The largest absolute Gasteiger partial charge is 0.488 e. The van der Waals surface area contributed by atoms with Crippen molar-refractivity contribution in [2.75, 3.05) is 9.80 Å². The fraction of sp³-hybridized carbons (Fsp3) is 0.0333. The summed E-state index contributed by atoms with van der Waals surface area (Å²) in [6.45, 7) is 0.283. The minimum atomic E-state index is -0.754. The van der Waals surface area contributed by atoms with Crippen LogP contribution in [0.4, 0.5) is 16.2 Å². The van der Waals surface area contributed by atoms with E-state index in [0.29, 0.717) is 27.7 Å². The van der Waals surface area contributed by atoms with Crippen molar-refractivity contribution in [1.82, 2.24) is 0 Å². The first-order chi connectivity index (χ1) is 18.0. The number of amides is 4. The molecular formula is C30H21ClN2O4. The van der Waals surface area contributed by atoms with Gasteiger partial charge in [-0.2, -0.15) is 0 Å². The van der Waals surface area contributed by atoms with Crippen molar-refractivity contribution >= 4 is 46.9 Å². The molecule has 4 aromatic carbocycles. The highest BCUT2D eigenvalue weighted by atomic mass is 35.5. The minimum Gasteiger partial charge on any atom is -0.488 e. The number of carbonyl (C=O) groups is 3. The molecule has 6 nitrogen and oxygen atoms in total. The van der Waals surface area contributed by atoms with E-state index in [9.17, 15) is 14.4 Å². The van der Waals surface area contributed by atoms with Crippen LogP contribution in [0.2, 0.25) is 5.02 Å². The van der Waals surface area contributed by atoms with Crippen molar-refractivity contribution in [2.24, 2.45) is 0 Å². The average molecular weight is 509 g/mol. The Morgan fingerprint density at radius 3 is 1.73 bits per heavy atom. The van der Waals surface area contributed by atoms with Gasteiger partial charge in [0.15, 0.2) is 0 Å². The molecule has 1 aliphatic heterocycles. The summed E-state index contributed by atoms with van der Waals surface area (Å²) in [6, 6.07) is 30.8. The van der Waals surface area contributed by atoms with Crippen LogP contribution in [0.3, 0.4) is 0 Å². The van der Waals surface area contributed by atoms with Gasteiger partial charge in [0.2, 0.25) is 0 Å². The Bertz CT molecular complexity index is 1420. The van der Waals surface area contributed by atoms with Crippen LogP contribution in [0.25, 0.3) is 6.08 Å². The zero-order chi connectivity index (χ0) is 25.8. The van der Waals surface area contributed by atoms with Gasteiger partial charge in [-0.15, -0.1) is 0 Å². The lowest BCUT2D eigenvalue weighted by Gasteiger charge is -2.34. The molecule has 1 saturated heterocycles. The number of anilines is 2. The fourth-order valence-corrected chi connectivity index (χ4v) is 4.17. The number of imide groups is 2. The van der Waals surface area contributed by atoms with E-state index in [1.807, 2.05) is 30.3 Å². The quantitative estimate of drug-likeness (QED) is 0.220. The number of hydrogen-bond donors (Lipinski definition) is 0. The van der Waals surface area contributed by atoms with Crippen LogP contribution in [0.5, 0.6) is 5.75 Å². The fourth-order valence-electron chi connectivity index (χ4n) is 3.99. The monoisotopic (exact) mass is 508 g/mol. The molecule has 182 valence electrons. The molecule has 5 rings (SSSR count). The van der Waals surface area contributed by atoms with Gasteiger partial charge in [0, 0.05) is 10.6 Å². The summed E-state index contributed by atoms with van der Waals surface area (Å²) in [5, 5.41) is 0.408. The van der Waals surface area contributed by atoms with Gasteiger partial charge in [-0.25, -0.2) is 14.6 Å². The molecule has 7 heteroatoms. The van der Waals surface area contributed by atoms with Crippen molar-refractivity contribution < 1.29 is 19.1 Å². The van der Waals surface area contributed by atoms with Crippen molar-refractivity contribution in [1.29, 1.82) is 0 Å². The third-order valence-corrected chi connectivity index (χ3v) is 6.02. The lowest BCUT2D eigenvalue weighted by molar-refractivity contribution is -0.121. The maximum absolute atomic E-state index is 13.6. The molecule has 1 fully saturated rings. The molecule has 4 aromatic rings. The Balaban J connectivity index is 1.59. The molecule has 0 unspecified atom stereocenters. The van der Waals surface area contributed by atoms with Crippen LogP contribution in [0.15, 0.2) is 115 Å². The molecule has 0 saturated carbocycles. The van der Waals surface area contributed by atoms with E-state index in [0.717, 1.165) is 15.4 Å². The summed E-state index contributed by atoms with van der Waals surface area (Å²) < 4.78 is 6.01. The normalized spacial score (nSPS) is 13.6. The van der Waals surface area contributed by atoms with E-state index in [1.54, 1.807) is 78.9 Å². The lowest BCUT2D eigenvalue weighted by Crippen LogP contribution is -2.57. The first kappa shape index (κ1) is 24.0. The number of halogens is 1. The van der Waals surface area contributed by atoms with Crippen LogP contribution in [-0.4, -0.2) is 17.8 Å². The molecule has 0 aliphatic carbocycles. The molecule has 37 heavy (non-hydrogen) atoms. The first-order valence-electron chi connectivity index (χ1n) is 11.5. The van der Waals surface area contributed by atoms with Crippen LogP contribution >= 0.6 is 11.6 Å². The standard InChI is InChI=1S/C30H21ClN2O4/c31-23-16-17-27(37-20-21-10-4-1-5-11-21)22(18-23)19-26-28(34)32(24-12-6-2-7-13-24)30(36)33(29(26)35)25-14-8-3-9-15-25/h1-19H,20H2. The minimum absolute atomic E-state index is 0.195. The van der Waals surface area contributed by atoms with Crippen LogP contribution < -0.4 is 14.5 Å². The second-order valence-corrected chi connectivity index (χ2v) is 8.69. The Hall–Kier alpha value is -4.68. The van der Waals surface area contributed by atoms with Crippen LogP contribution in [0.1, 0.15) is 11.1 Å². The molecule has 0 spiro atoms. The zero-order valence-corrected chi connectivity index (χ0v) is 20.3. The third kappa shape index (κ3) is 5.01. The summed E-state index contributed by atoms with van der Waals surface area (Å²) in [7, 11) is 0. The van der Waals surface area contributed by atoms with Crippen LogP contribution in [0, 0.1) is 0 Å².